The van der Waals surface area contributed by atoms with Gasteiger partial charge in [0.1, 0.15) is 0 Å². The summed E-state index contributed by atoms with van der Waals surface area (Å²) in [5, 5.41) is 9.45. The average molecular weight is 222 g/mol. The van der Waals surface area contributed by atoms with Gasteiger partial charge in [-0.2, -0.15) is 0 Å². The lowest BCUT2D eigenvalue weighted by Crippen LogP contribution is -2.29. The standard InChI is InChI=1S/C13H22N2O/c1-3-15(8-7-13(16)10-14)12-6-4-5-11(2)9-12/h4-6,9,13,16H,3,7-8,10,14H2,1-2H3. The highest BCUT2D eigenvalue weighted by molar-refractivity contribution is 5.48. The molecule has 0 saturated heterocycles. The number of aliphatic hydroxyl groups excluding tert-OH is 1. The summed E-state index contributed by atoms with van der Waals surface area (Å²) >= 11 is 0. The van der Waals surface area contributed by atoms with Crippen molar-refractivity contribution in [3.63, 3.8) is 0 Å². The summed E-state index contributed by atoms with van der Waals surface area (Å²) in [7, 11) is 0. The van der Waals surface area contributed by atoms with Crippen molar-refractivity contribution in [2.24, 2.45) is 5.73 Å². The summed E-state index contributed by atoms with van der Waals surface area (Å²) in [5.41, 5.74) is 7.87. The summed E-state index contributed by atoms with van der Waals surface area (Å²) in [6.07, 6.45) is 0.331. The first kappa shape index (κ1) is 13.0. The predicted molar refractivity (Wildman–Crippen MR) is 68.7 cm³/mol. The van der Waals surface area contributed by atoms with Gasteiger partial charge in [0, 0.05) is 25.3 Å². The van der Waals surface area contributed by atoms with E-state index in [1.807, 2.05) is 0 Å². The molecule has 1 unspecified atom stereocenters. The summed E-state index contributed by atoms with van der Waals surface area (Å²) in [5.74, 6) is 0. The van der Waals surface area contributed by atoms with Crippen LogP contribution in [0.5, 0.6) is 0 Å². The topological polar surface area (TPSA) is 49.5 Å². The van der Waals surface area contributed by atoms with Crippen molar-refractivity contribution in [1.29, 1.82) is 0 Å². The second-order valence-electron chi connectivity index (χ2n) is 4.10. The molecule has 3 nitrogen and oxygen atoms in total. The van der Waals surface area contributed by atoms with E-state index in [0.717, 1.165) is 19.5 Å². The normalized spacial score (nSPS) is 12.5. The van der Waals surface area contributed by atoms with E-state index < -0.39 is 0 Å². The van der Waals surface area contributed by atoms with Crippen LogP contribution in [0, 0.1) is 6.92 Å². The molecule has 1 aromatic rings. The highest BCUT2D eigenvalue weighted by Gasteiger charge is 2.07. The van der Waals surface area contributed by atoms with Gasteiger partial charge in [-0.3, -0.25) is 0 Å². The first-order valence-corrected chi connectivity index (χ1v) is 5.87. The number of benzene rings is 1. The van der Waals surface area contributed by atoms with Gasteiger partial charge in [-0.1, -0.05) is 12.1 Å². The molecule has 16 heavy (non-hydrogen) atoms. The molecule has 90 valence electrons. The predicted octanol–water partition coefficient (Wildman–Crippen LogP) is 1.53. The SMILES string of the molecule is CCN(CCC(O)CN)c1cccc(C)c1. The van der Waals surface area contributed by atoms with E-state index in [1.165, 1.54) is 11.3 Å². The van der Waals surface area contributed by atoms with Crippen LogP contribution >= 0.6 is 0 Å². The Bertz CT molecular complexity index is 315. The molecule has 1 aromatic carbocycles. The minimum atomic E-state index is -0.390. The van der Waals surface area contributed by atoms with Crippen LogP contribution in [-0.4, -0.2) is 30.8 Å². The van der Waals surface area contributed by atoms with Crippen LogP contribution in [0.2, 0.25) is 0 Å². The maximum Gasteiger partial charge on any atom is 0.0679 e. The fraction of sp³-hybridized carbons (Fsp3) is 0.538. The Kier molecular flexibility index (Phi) is 5.29. The fourth-order valence-corrected chi connectivity index (χ4v) is 1.72. The minimum Gasteiger partial charge on any atom is -0.392 e. The van der Waals surface area contributed by atoms with Gasteiger partial charge < -0.3 is 15.7 Å². The largest absolute Gasteiger partial charge is 0.392 e. The molecular formula is C13H22N2O. The Morgan fingerprint density at radius 3 is 2.75 bits per heavy atom. The summed E-state index contributed by atoms with van der Waals surface area (Å²) in [6, 6.07) is 8.42. The molecule has 0 amide bonds. The zero-order valence-corrected chi connectivity index (χ0v) is 10.2. The highest BCUT2D eigenvalue weighted by Crippen LogP contribution is 2.16. The van der Waals surface area contributed by atoms with Crippen molar-refractivity contribution in [1.82, 2.24) is 0 Å². The van der Waals surface area contributed by atoms with Crippen LogP contribution in [0.25, 0.3) is 0 Å². The number of hydrogen-bond acceptors (Lipinski definition) is 3. The van der Waals surface area contributed by atoms with Crippen molar-refractivity contribution in [2.75, 3.05) is 24.5 Å². The molecular weight excluding hydrogens is 200 g/mol. The molecule has 0 aliphatic rings. The van der Waals surface area contributed by atoms with Crippen LogP contribution in [0.3, 0.4) is 0 Å². The van der Waals surface area contributed by atoms with Crippen molar-refractivity contribution in [2.45, 2.75) is 26.4 Å². The van der Waals surface area contributed by atoms with Gasteiger partial charge in [-0.15, -0.1) is 0 Å². The molecule has 0 saturated carbocycles. The molecule has 0 aromatic heterocycles. The minimum absolute atomic E-state index is 0.339. The molecule has 0 aliphatic carbocycles. The molecule has 1 atom stereocenters. The molecule has 0 fully saturated rings. The van der Waals surface area contributed by atoms with E-state index in [2.05, 4.69) is 43.0 Å². The third kappa shape index (κ3) is 3.83. The van der Waals surface area contributed by atoms with Gasteiger partial charge in [-0.05, 0) is 38.0 Å². The third-order valence-corrected chi connectivity index (χ3v) is 2.75. The second kappa shape index (κ2) is 6.51. The van der Waals surface area contributed by atoms with Crippen molar-refractivity contribution >= 4 is 5.69 Å². The van der Waals surface area contributed by atoms with E-state index in [-0.39, 0.29) is 6.10 Å². The van der Waals surface area contributed by atoms with Gasteiger partial charge >= 0.3 is 0 Å². The summed E-state index contributed by atoms with van der Waals surface area (Å²) < 4.78 is 0. The van der Waals surface area contributed by atoms with Crippen LogP contribution < -0.4 is 10.6 Å². The zero-order valence-electron chi connectivity index (χ0n) is 10.2. The van der Waals surface area contributed by atoms with Gasteiger partial charge in [-0.25, -0.2) is 0 Å². The highest BCUT2D eigenvalue weighted by atomic mass is 16.3. The van der Waals surface area contributed by atoms with Crippen LogP contribution in [0.1, 0.15) is 18.9 Å². The van der Waals surface area contributed by atoms with Crippen LogP contribution in [0.4, 0.5) is 5.69 Å². The first-order chi connectivity index (χ1) is 7.67. The molecule has 1 rings (SSSR count). The van der Waals surface area contributed by atoms with Gasteiger partial charge in [0.15, 0.2) is 0 Å². The average Bonchev–Trinajstić information content (AvgIpc) is 2.29. The van der Waals surface area contributed by atoms with E-state index in [4.69, 9.17) is 5.73 Å². The van der Waals surface area contributed by atoms with E-state index in [0.29, 0.717) is 6.54 Å². The quantitative estimate of drug-likeness (QED) is 0.767. The lowest BCUT2D eigenvalue weighted by atomic mass is 10.2. The first-order valence-electron chi connectivity index (χ1n) is 5.87. The third-order valence-electron chi connectivity index (χ3n) is 2.75. The molecule has 3 heteroatoms. The monoisotopic (exact) mass is 222 g/mol. The van der Waals surface area contributed by atoms with E-state index >= 15 is 0 Å². The number of aliphatic hydroxyl groups is 1. The number of nitrogens with two attached hydrogens (primary N) is 1. The number of nitrogens with zero attached hydrogens (tertiary/aromatic N) is 1. The Morgan fingerprint density at radius 1 is 1.44 bits per heavy atom. The Hall–Kier alpha value is -1.06. The number of rotatable bonds is 6. The molecule has 0 radical (unpaired) electrons. The Balaban J connectivity index is 2.60. The van der Waals surface area contributed by atoms with E-state index in [9.17, 15) is 5.11 Å². The number of hydrogen-bond donors (Lipinski definition) is 2. The van der Waals surface area contributed by atoms with Crippen molar-refractivity contribution in [3.05, 3.63) is 29.8 Å². The van der Waals surface area contributed by atoms with Gasteiger partial charge in [0.2, 0.25) is 0 Å². The fourth-order valence-electron chi connectivity index (χ4n) is 1.72. The number of aryl methyl sites for hydroxylation is 1. The van der Waals surface area contributed by atoms with Crippen LogP contribution in [0.15, 0.2) is 24.3 Å². The molecule has 0 spiro atoms. The smallest absolute Gasteiger partial charge is 0.0679 e. The lowest BCUT2D eigenvalue weighted by molar-refractivity contribution is 0.174. The van der Waals surface area contributed by atoms with Gasteiger partial charge in [0.05, 0.1) is 6.10 Å². The second-order valence-corrected chi connectivity index (χ2v) is 4.10. The maximum atomic E-state index is 9.45. The Morgan fingerprint density at radius 2 is 2.19 bits per heavy atom. The molecule has 3 N–H and O–H groups in total. The zero-order chi connectivity index (χ0) is 12.0. The molecule has 0 aliphatic heterocycles. The molecule has 0 heterocycles. The van der Waals surface area contributed by atoms with Crippen LogP contribution in [-0.2, 0) is 0 Å². The Labute approximate surface area is 97.9 Å². The molecule has 0 bridgehead atoms. The van der Waals surface area contributed by atoms with Crippen molar-refractivity contribution in [3.8, 4) is 0 Å². The van der Waals surface area contributed by atoms with Crippen molar-refractivity contribution < 1.29 is 5.11 Å². The number of anilines is 1. The van der Waals surface area contributed by atoms with E-state index in [1.54, 1.807) is 0 Å². The summed E-state index contributed by atoms with van der Waals surface area (Å²) in [4.78, 5) is 2.26. The lowest BCUT2D eigenvalue weighted by Gasteiger charge is -2.24. The van der Waals surface area contributed by atoms with Gasteiger partial charge in [0.25, 0.3) is 0 Å². The maximum absolute atomic E-state index is 9.45. The summed E-state index contributed by atoms with van der Waals surface area (Å²) in [6.45, 7) is 6.34.